The van der Waals surface area contributed by atoms with Gasteiger partial charge in [0.25, 0.3) is 0 Å². The molecule has 1 aliphatic rings. The Bertz CT molecular complexity index is 1170. The molecule has 2 heterocycles. The van der Waals surface area contributed by atoms with Gasteiger partial charge in [-0.05, 0) is 55.3 Å². The average molecular weight is 414 g/mol. The largest absolute Gasteiger partial charge is 0.378 e. The van der Waals surface area contributed by atoms with E-state index in [1.807, 2.05) is 0 Å². The van der Waals surface area contributed by atoms with Gasteiger partial charge in [-0.3, -0.25) is 0 Å². The van der Waals surface area contributed by atoms with Crippen molar-refractivity contribution in [3.8, 4) is 0 Å². The molecule has 0 aliphatic carbocycles. The molecule has 4 nitrogen and oxygen atoms in total. The maximum atomic E-state index is 5.46. The predicted octanol–water partition coefficient (Wildman–Crippen LogP) is 5.50. The summed E-state index contributed by atoms with van der Waals surface area (Å²) >= 11 is 0. The van der Waals surface area contributed by atoms with E-state index >= 15 is 0 Å². The van der Waals surface area contributed by atoms with Gasteiger partial charge < -0.3 is 19.5 Å². The van der Waals surface area contributed by atoms with E-state index in [9.17, 15) is 0 Å². The molecular formula is C27H31N3O. The van der Waals surface area contributed by atoms with Crippen molar-refractivity contribution in [1.82, 2.24) is 9.88 Å². The molecule has 4 aromatic rings. The third-order valence-corrected chi connectivity index (χ3v) is 6.53. The van der Waals surface area contributed by atoms with Crippen LogP contribution in [0.2, 0.25) is 0 Å². The number of hydrogen-bond donors (Lipinski definition) is 1. The Kier molecular flexibility index (Phi) is 5.66. The Hall–Kier alpha value is -2.82. The van der Waals surface area contributed by atoms with Gasteiger partial charge >= 0.3 is 0 Å². The SMILES string of the molecule is CCn1c2ccccc2c2cc(CNC(C)c3ccc(N4CCOCC4)cc3)ccc21. The highest BCUT2D eigenvalue weighted by Gasteiger charge is 2.13. The van der Waals surface area contributed by atoms with Gasteiger partial charge in [-0.2, -0.15) is 0 Å². The molecule has 5 rings (SSSR count). The molecule has 0 amide bonds. The fourth-order valence-electron chi connectivity index (χ4n) is 4.74. The number of nitrogens with zero attached hydrogens (tertiary/aromatic N) is 2. The van der Waals surface area contributed by atoms with Crippen molar-refractivity contribution >= 4 is 27.5 Å². The number of fused-ring (bicyclic) bond motifs is 3. The summed E-state index contributed by atoms with van der Waals surface area (Å²) in [5, 5.41) is 6.39. The van der Waals surface area contributed by atoms with Gasteiger partial charge in [0.05, 0.1) is 13.2 Å². The van der Waals surface area contributed by atoms with E-state index in [0.717, 1.165) is 39.4 Å². The average Bonchev–Trinajstić information content (AvgIpc) is 3.16. The molecule has 4 heteroatoms. The lowest BCUT2D eigenvalue weighted by molar-refractivity contribution is 0.122. The second kappa shape index (κ2) is 8.74. The van der Waals surface area contributed by atoms with E-state index in [-0.39, 0.29) is 0 Å². The van der Waals surface area contributed by atoms with Crippen molar-refractivity contribution in [2.24, 2.45) is 0 Å². The summed E-state index contributed by atoms with van der Waals surface area (Å²) in [7, 11) is 0. The van der Waals surface area contributed by atoms with E-state index in [2.05, 4.69) is 95.4 Å². The number of morpholine rings is 1. The molecule has 0 bridgehead atoms. The summed E-state index contributed by atoms with van der Waals surface area (Å²) in [6.45, 7) is 9.89. The number of benzene rings is 3. The topological polar surface area (TPSA) is 29.4 Å². The second-order valence-corrected chi connectivity index (χ2v) is 8.41. The van der Waals surface area contributed by atoms with Crippen LogP contribution in [0.5, 0.6) is 0 Å². The highest BCUT2D eigenvalue weighted by atomic mass is 16.5. The van der Waals surface area contributed by atoms with Gasteiger partial charge in [-0.25, -0.2) is 0 Å². The number of para-hydroxylation sites is 1. The van der Waals surface area contributed by atoms with Gasteiger partial charge in [0.15, 0.2) is 0 Å². The van der Waals surface area contributed by atoms with Crippen LogP contribution < -0.4 is 10.2 Å². The summed E-state index contributed by atoms with van der Waals surface area (Å²) < 4.78 is 7.87. The molecule has 1 fully saturated rings. The lowest BCUT2D eigenvalue weighted by Crippen LogP contribution is -2.36. The normalized spacial score (nSPS) is 15.6. The van der Waals surface area contributed by atoms with E-state index in [1.54, 1.807) is 0 Å². The molecule has 0 radical (unpaired) electrons. The number of aromatic nitrogens is 1. The minimum atomic E-state index is 0.298. The number of ether oxygens (including phenoxy) is 1. The van der Waals surface area contributed by atoms with Crippen LogP contribution in [0.4, 0.5) is 5.69 Å². The molecule has 1 aromatic heterocycles. The van der Waals surface area contributed by atoms with Crippen LogP contribution >= 0.6 is 0 Å². The zero-order valence-corrected chi connectivity index (χ0v) is 18.5. The maximum absolute atomic E-state index is 5.46. The van der Waals surface area contributed by atoms with Crippen molar-refractivity contribution in [3.05, 3.63) is 77.9 Å². The first-order valence-electron chi connectivity index (χ1n) is 11.4. The highest BCUT2D eigenvalue weighted by Crippen LogP contribution is 2.30. The van der Waals surface area contributed by atoms with Gasteiger partial charge in [0, 0.05) is 59.7 Å². The van der Waals surface area contributed by atoms with Crippen LogP contribution in [0.15, 0.2) is 66.7 Å². The summed E-state index contributed by atoms with van der Waals surface area (Å²) in [5.41, 5.74) is 6.57. The van der Waals surface area contributed by atoms with Gasteiger partial charge in [0.1, 0.15) is 0 Å². The molecule has 160 valence electrons. The third kappa shape index (κ3) is 3.93. The highest BCUT2D eigenvalue weighted by molar-refractivity contribution is 6.08. The van der Waals surface area contributed by atoms with Crippen LogP contribution in [0.1, 0.15) is 31.0 Å². The van der Waals surface area contributed by atoms with Gasteiger partial charge in [-0.1, -0.05) is 36.4 Å². The Labute approximate surface area is 184 Å². The second-order valence-electron chi connectivity index (χ2n) is 8.41. The lowest BCUT2D eigenvalue weighted by atomic mass is 10.1. The maximum Gasteiger partial charge on any atom is 0.0642 e. The zero-order valence-electron chi connectivity index (χ0n) is 18.5. The monoisotopic (exact) mass is 413 g/mol. The van der Waals surface area contributed by atoms with Crippen LogP contribution in [0, 0.1) is 0 Å². The minimum absolute atomic E-state index is 0.298. The number of anilines is 1. The molecule has 31 heavy (non-hydrogen) atoms. The van der Waals surface area contributed by atoms with Crippen molar-refractivity contribution in [2.45, 2.75) is 33.0 Å². The Balaban J connectivity index is 1.30. The quantitative estimate of drug-likeness (QED) is 0.452. The standard InChI is InChI=1S/C27H31N3O/c1-3-30-26-7-5-4-6-24(26)25-18-21(8-13-27(25)30)19-28-20(2)22-9-11-23(12-10-22)29-14-16-31-17-15-29/h4-13,18,20,28H,3,14-17,19H2,1-2H3. The van der Waals surface area contributed by atoms with E-state index in [1.165, 1.54) is 38.6 Å². The Morgan fingerprint density at radius 2 is 1.65 bits per heavy atom. The third-order valence-electron chi connectivity index (χ3n) is 6.53. The first-order chi connectivity index (χ1) is 15.2. The van der Waals surface area contributed by atoms with Crippen molar-refractivity contribution in [2.75, 3.05) is 31.2 Å². The molecular weight excluding hydrogens is 382 g/mol. The molecule has 1 unspecified atom stereocenters. The smallest absolute Gasteiger partial charge is 0.0642 e. The summed E-state index contributed by atoms with van der Waals surface area (Å²) in [5.74, 6) is 0. The Morgan fingerprint density at radius 1 is 0.903 bits per heavy atom. The van der Waals surface area contributed by atoms with Gasteiger partial charge in [0.2, 0.25) is 0 Å². The number of nitrogens with one attached hydrogen (secondary N) is 1. The fourth-order valence-corrected chi connectivity index (χ4v) is 4.74. The summed E-state index contributed by atoms with van der Waals surface area (Å²) in [4.78, 5) is 2.40. The molecule has 1 saturated heterocycles. The zero-order chi connectivity index (χ0) is 21.2. The van der Waals surface area contributed by atoms with Crippen molar-refractivity contribution < 1.29 is 4.74 Å². The van der Waals surface area contributed by atoms with Crippen LogP contribution in [0.25, 0.3) is 21.8 Å². The first kappa shape index (κ1) is 20.1. The fraction of sp³-hybridized carbons (Fsp3) is 0.333. The van der Waals surface area contributed by atoms with Crippen molar-refractivity contribution in [3.63, 3.8) is 0 Å². The van der Waals surface area contributed by atoms with Crippen LogP contribution in [-0.2, 0) is 17.8 Å². The van der Waals surface area contributed by atoms with Crippen LogP contribution in [0.3, 0.4) is 0 Å². The van der Waals surface area contributed by atoms with E-state index < -0.39 is 0 Å². The molecule has 3 aromatic carbocycles. The Morgan fingerprint density at radius 3 is 2.42 bits per heavy atom. The summed E-state index contributed by atoms with van der Waals surface area (Å²) in [6.07, 6.45) is 0. The van der Waals surface area contributed by atoms with Crippen molar-refractivity contribution in [1.29, 1.82) is 0 Å². The predicted molar refractivity (Wildman–Crippen MR) is 130 cm³/mol. The molecule has 1 atom stereocenters. The molecule has 1 aliphatic heterocycles. The van der Waals surface area contributed by atoms with E-state index in [0.29, 0.717) is 6.04 Å². The molecule has 0 saturated carbocycles. The summed E-state index contributed by atoms with van der Waals surface area (Å²) in [6, 6.07) is 24.9. The minimum Gasteiger partial charge on any atom is -0.378 e. The van der Waals surface area contributed by atoms with E-state index in [4.69, 9.17) is 4.74 Å². The number of hydrogen-bond acceptors (Lipinski definition) is 3. The lowest BCUT2D eigenvalue weighted by Gasteiger charge is -2.29. The first-order valence-corrected chi connectivity index (χ1v) is 11.4. The van der Waals surface area contributed by atoms with Crippen LogP contribution in [-0.4, -0.2) is 30.9 Å². The molecule has 0 spiro atoms. The van der Waals surface area contributed by atoms with Gasteiger partial charge in [-0.15, -0.1) is 0 Å². The number of rotatable bonds is 6. The number of aryl methyl sites for hydroxylation is 1. The molecule has 1 N–H and O–H groups in total.